The number of ketones is 1. The summed E-state index contributed by atoms with van der Waals surface area (Å²) in [5.74, 6) is 0.448. The highest BCUT2D eigenvalue weighted by molar-refractivity contribution is 5.99. The molecule has 3 saturated carbocycles. The van der Waals surface area contributed by atoms with E-state index in [0.717, 1.165) is 25.7 Å². The van der Waals surface area contributed by atoms with E-state index in [4.69, 9.17) is 0 Å². The van der Waals surface area contributed by atoms with Gasteiger partial charge in [-0.2, -0.15) is 0 Å². The SMILES string of the molecule is CC1(C)[C@@]2(C(=O)NC3CCCC3)CC[C@]1(C)C(=O)C2. The lowest BCUT2D eigenvalue weighted by Crippen LogP contribution is -2.49. The average Bonchev–Trinajstić information content (AvgIpc) is 2.94. The van der Waals surface area contributed by atoms with Gasteiger partial charge in [0.1, 0.15) is 5.78 Å². The molecule has 0 aromatic carbocycles. The van der Waals surface area contributed by atoms with Crippen LogP contribution in [0.15, 0.2) is 0 Å². The molecule has 0 aliphatic heterocycles. The van der Waals surface area contributed by atoms with Gasteiger partial charge in [-0.05, 0) is 31.1 Å². The first-order valence-corrected chi connectivity index (χ1v) is 7.68. The standard InChI is InChI=1S/C16H25NO2/c1-14(2)15(3)8-9-16(14,10-12(15)18)13(19)17-11-6-4-5-7-11/h11H,4-10H2,1-3H3,(H,17,19)/t15-,16+/m1/s1. The molecule has 1 amide bonds. The zero-order valence-corrected chi connectivity index (χ0v) is 12.3. The molecule has 0 saturated heterocycles. The molecule has 0 heterocycles. The van der Waals surface area contributed by atoms with Crippen LogP contribution < -0.4 is 5.32 Å². The van der Waals surface area contributed by atoms with E-state index < -0.39 is 5.41 Å². The van der Waals surface area contributed by atoms with Gasteiger partial charge in [-0.3, -0.25) is 9.59 Å². The molecule has 106 valence electrons. The number of carbonyl (C=O) groups excluding carboxylic acids is 2. The van der Waals surface area contributed by atoms with Gasteiger partial charge < -0.3 is 5.32 Å². The number of nitrogens with one attached hydrogen (secondary N) is 1. The molecule has 1 N–H and O–H groups in total. The second-order valence-electron chi connectivity index (χ2n) is 7.59. The molecule has 0 aromatic heterocycles. The van der Waals surface area contributed by atoms with Crippen molar-refractivity contribution in [3.05, 3.63) is 0 Å². The van der Waals surface area contributed by atoms with Gasteiger partial charge in [-0.15, -0.1) is 0 Å². The smallest absolute Gasteiger partial charge is 0.227 e. The quantitative estimate of drug-likeness (QED) is 0.832. The van der Waals surface area contributed by atoms with Crippen LogP contribution in [0.2, 0.25) is 0 Å². The van der Waals surface area contributed by atoms with Crippen molar-refractivity contribution in [3.63, 3.8) is 0 Å². The van der Waals surface area contributed by atoms with Crippen LogP contribution in [0.25, 0.3) is 0 Å². The molecule has 3 aliphatic rings. The van der Waals surface area contributed by atoms with E-state index in [0.29, 0.717) is 18.2 Å². The maximum Gasteiger partial charge on any atom is 0.227 e. The van der Waals surface area contributed by atoms with E-state index in [1.807, 2.05) is 0 Å². The minimum absolute atomic E-state index is 0.152. The molecular formula is C16H25NO2. The third-order valence-corrected chi connectivity index (χ3v) is 6.83. The van der Waals surface area contributed by atoms with E-state index in [9.17, 15) is 9.59 Å². The lowest BCUT2D eigenvalue weighted by Gasteiger charge is -2.39. The van der Waals surface area contributed by atoms with Crippen LogP contribution >= 0.6 is 0 Å². The van der Waals surface area contributed by atoms with Gasteiger partial charge in [0.15, 0.2) is 0 Å². The largest absolute Gasteiger partial charge is 0.353 e. The molecule has 3 heteroatoms. The van der Waals surface area contributed by atoms with Crippen molar-refractivity contribution in [1.82, 2.24) is 5.32 Å². The first-order chi connectivity index (χ1) is 8.83. The zero-order chi connectivity index (χ0) is 13.9. The maximum absolute atomic E-state index is 12.8. The topological polar surface area (TPSA) is 46.2 Å². The fourth-order valence-electron chi connectivity index (χ4n) is 4.75. The first-order valence-electron chi connectivity index (χ1n) is 7.68. The summed E-state index contributed by atoms with van der Waals surface area (Å²) in [7, 11) is 0. The van der Waals surface area contributed by atoms with E-state index in [1.54, 1.807) is 0 Å². The second kappa shape index (κ2) is 3.83. The number of amides is 1. The van der Waals surface area contributed by atoms with Crippen molar-refractivity contribution in [3.8, 4) is 0 Å². The summed E-state index contributed by atoms with van der Waals surface area (Å²) >= 11 is 0. The summed E-state index contributed by atoms with van der Waals surface area (Å²) in [5, 5.41) is 3.24. The van der Waals surface area contributed by atoms with Gasteiger partial charge in [0, 0.05) is 17.9 Å². The van der Waals surface area contributed by atoms with Crippen LogP contribution in [0, 0.1) is 16.2 Å². The Hall–Kier alpha value is -0.860. The van der Waals surface area contributed by atoms with Gasteiger partial charge >= 0.3 is 0 Å². The van der Waals surface area contributed by atoms with Gasteiger partial charge in [-0.1, -0.05) is 33.6 Å². The molecule has 2 atom stereocenters. The van der Waals surface area contributed by atoms with E-state index in [-0.39, 0.29) is 16.7 Å². The molecule has 0 spiro atoms. The predicted octanol–water partition coefficient (Wildman–Crippen LogP) is 2.83. The van der Waals surface area contributed by atoms with Crippen molar-refractivity contribution in [2.24, 2.45) is 16.2 Å². The summed E-state index contributed by atoms with van der Waals surface area (Å²) in [5.41, 5.74) is -0.943. The summed E-state index contributed by atoms with van der Waals surface area (Å²) < 4.78 is 0. The Morgan fingerprint density at radius 3 is 2.26 bits per heavy atom. The minimum Gasteiger partial charge on any atom is -0.353 e. The van der Waals surface area contributed by atoms with Crippen LogP contribution in [0.1, 0.15) is 65.7 Å². The molecule has 3 aliphatic carbocycles. The first kappa shape index (κ1) is 13.1. The highest BCUT2D eigenvalue weighted by Gasteiger charge is 2.72. The number of fused-ring (bicyclic) bond motifs is 2. The van der Waals surface area contributed by atoms with Crippen LogP contribution in [0.3, 0.4) is 0 Å². The lowest BCUT2D eigenvalue weighted by molar-refractivity contribution is -0.137. The Kier molecular flexibility index (Phi) is 2.65. The number of hydrogen-bond donors (Lipinski definition) is 1. The van der Waals surface area contributed by atoms with Crippen LogP contribution in [0.4, 0.5) is 0 Å². The fourth-order valence-corrected chi connectivity index (χ4v) is 4.75. The van der Waals surface area contributed by atoms with Gasteiger partial charge in [0.05, 0.1) is 5.41 Å². The van der Waals surface area contributed by atoms with Gasteiger partial charge in [0.25, 0.3) is 0 Å². The number of hydrogen-bond acceptors (Lipinski definition) is 2. The summed E-state index contributed by atoms with van der Waals surface area (Å²) in [6.07, 6.45) is 6.85. The van der Waals surface area contributed by atoms with Crippen LogP contribution in [0.5, 0.6) is 0 Å². The Labute approximate surface area is 115 Å². The molecule has 2 bridgehead atoms. The molecule has 3 rings (SSSR count). The van der Waals surface area contributed by atoms with Crippen molar-refractivity contribution in [2.45, 2.75) is 71.8 Å². The van der Waals surface area contributed by atoms with E-state index in [2.05, 4.69) is 26.1 Å². The molecule has 19 heavy (non-hydrogen) atoms. The van der Waals surface area contributed by atoms with Crippen molar-refractivity contribution >= 4 is 11.7 Å². The number of carbonyl (C=O) groups is 2. The Bertz CT molecular complexity index is 436. The van der Waals surface area contributed by atoms with Crippen molar-refractivity contribution in [1.29, 1.82) is 0 Å². The van der Waals surface area contributed by atoms with E-state index in [1.165, 1.54) is 12.8 Å². The molecular weight excluding hydrogens is 238 g/mol. The molecule has 0 radical (unpaired) electrons. The number of Topliss-reactive ketones (excluding diaryl/α,β-unsaturated/α-hetero) is 1. The molecule has 3 fully saturated rings. The van der Waals surface area contributed by atoms with Crippen LogP contribution in [-0.4, -0.2) is 17.7 Å². The summed E-state index contributed by atoms with van der Waals surface area (Å²) in [6, 6.07) is 0.347. The second-order valence-corrected chi connectivity index (χ2v) is 7.59. The van der Waals surface area contributed by atoms with Crippen molar-refractivity contribution in [2.75, 3.05) is 0 Å². The van der Waals surface area contributed by atoms with Crippen molar-refractivity contribution < 1.29 is 9.59 Å². The molecule has 0 unspecified atom stereocenters. The average molecular weight is 263 g/mol. The monoisotopic (exact) mass is 263 g/mol. The normalized spacial score (nSPS) is 40.9. The Morgan fingerprint density at radius 2 is 1.79 bits per heavy atom. The van der Waals surface area contributed by atoms with E-state index >= 15 is 0 Å². The highest BCUT2D eigenvalue weighted by Crippen LogP contribution is 2.70. The Balaban J connectivity index is 1.87. The number of rotatable bonds is 2. The summed E-state index contributed by atoms with van der Waals surface area (Å²) in [6.45, 7) is 6.31. The maximum atomic E-state index is 12.8. The molecule has 3 nitrogen and oxygen atoms in total. The third kappa shape index (κ3) is 1.45. The predicted molar refractivity (Wildman–Crippen MR) is 73.6 cm³/mol. The third-order valence-electron chi connectivity index (χ3n) is 6.83. The fraction of sp³-hybridized carbons (Fsp3) is 0.875. The van der Waals surface area contributed by atoms with Gasteiger partial charge in [-0.25, -0.2) is 0 Å². The molecule has 0 aromatic rings. The lowest BCUT2D eigenvalue weighted by atomic mass is 9.64. The van der Waals surface area contributed by atoms with Crippen LogP contribution in [-0.2, 0) is 9.59 Å². The zero-order valence-electron chi connectivity index (χ0n) is 12.3. The van der Waals surface area contributed by atoms with Gasteiger partial charge in [0.2, 0.25) is 5.91 Å². The Morgan fingerprint density at radius 1 is 1.16 bits per heavy atom. The summed E-state index contributed by atoms with van der Waals surface area (Å²) in [4.78, 5) is 25.2. The minimum atomic E-state index is -0.443. The highest BCUT2D eigenvalue weighted by atomic mass is 16.2.